The lowest BCUT2D eigenvalue weighted by atomic mass is 10.1. The molecule has 1 fully saturated rings. The number of fused-ring (bicyclic) bond motifs is 1. The highest BCUT2D eigenvalue weighted by Gasteiger charge is 2.19. The lowest BCUT2D eigenvalue weighted by molar-refractivity contribution is 0.254. The van der Waals surface area contributed by atoms with Gasteiger partial charge in [0, 0.05) is 44.3 Å². The van der Waals surface area contributed by atoms with Gasteiger partial charge in [0.15, 0.2) is 0 Å². The second kappa shape index (κ2) is 8.19. The Morgan fingerprint density at radius 2 is 1.89 bits per heavy atom. The molecule has 0 atom stereocenters. The Morgan fingerprint density at radius 3 is 2.71 bits per heavy atom. The lowest BCUT2D eigenvalue weighted by Gasteiger charge is -2.35. The Kier molecular flexibility index (Phi) is 5.31. The molecule has 28 heavy (non-hydrogen) atoms. The van der Waals surface area contributed by atoms with E-state index in [1.54, 1.807) is 30.6 Å². The number of pyridine rings is 3. The third-order valence-electron chi connectivity index (χ3n) is 5.17. The van der Waals surface area contributed by atoms with Crippen LogP contribution in [-0.2, 0) is 6.42 Å². The number of nitrogens with one attached hydrogen (secondary N) is 1. The summed E-state index contributed by atoms with van der Waals surface area (Å²) in [5.74, 6) is 0.783. The summed E-state index contributed by atoms with van der Waals surface area (Å²) in [6, 6.07) is 11.4. The number of H-pyrrole nitrogens is 1. The van der Waals surface area contributed by atoms with Crippen molar-refractivity contribution in [2.45, 2.75) is 12.8 Å². The monoisotopic (exact) mass is 374 g/mol. The first-order valence-corrected chi connectivity index (χ1v) is 9.54. The van der Waals surface area contributed by atoms with E-state index in [-0.39, 0.29) is 5.56 Å². The zero-order valence-electron chi connectivity index (χ0n) is 15.6. The number of anilines is 1. The van der Waals surface area contributed by atoms with E-state index in [2.05, 4.69) is 30.8 Å². The minimum Gasteiger partial charge on any atom is -0.353 e. The second-order valence-electron chi connectivity index (χ2n) is 6.98. The molecule has 0 amide bonds. The molecule has 0 saturated carbocycles. The van der Waals surface area contributed by atoms with Crippen LogP contribution in [0.15, 0.2) is 47.5 Å². The van der Waals surface area contributed by atoms with Crippen LogP contribution in [0.25, 0.3) is 10.9 Å². The number of nitrogens with zero attached hydrogens (tertiary/aromatic N) is 5. The summed E-state index contributed by atoms with van der Waals surface area (Å²) in [4.78, 5) is 28.4. The van der Waals surface area contributed by atoms with E-state index in [0.717, 1.165) is 62.6 Å². The highest BCUT2D eigenvalue weighted by Crippen LogP contribution is 2.18. The van der Waals surface area contributed by atoms with Gasteiger partial charge in [-0.2, -0.15) is 5.26 Å². The number of aromatic nitrogens is 3. The summed E-state index contributed by atoms with van der Waals surface area (Å²) in [5, 5.41) is 9.89. The molecule has 0 bridgehead atoms. The first-order chi connectivity index (χ1) is 13.7. The van der Waals surface area contributed by atoms with Gasteiger partial charge in [-0.15, -0.1) is 0 Å². The fraction of sp³-hybridized carbons (Fsp3) is 0.333. The predicted molar refractivity (Wildman–Crippen MR) is 108 cm³/mol. The molecular formula is C21H22N6O. The highest BCUT2D eigenvalue weighted by molar-refractivity contribution is 5.77. The molecule has 0 spiro atoms. The lowest BCUT2D eigenvalue weighted by Crippen LogP contribution is -2.47. The third kappa shape index (κ3) is 3.87. The summed E-state index contributed by atoms with van der Waals surface area (Å²) >= 11 is 0. The predicted octanol–water partition coefficient (Wildman–Crippen LogP) is 1.94. The molecule has 1 aliphatic heterocycles. The van der Waals surface area contributed by atoms with Crippen molar-refractivity contribution in [2.24, 2.45) is 0 Å². The number of hydrogen-bond donors (Lipinski definition) is 1. The van der Waals surface area contributed by atoms with Crippen molar-refractivity contribution in [3.63, 3.8) is 0 Å². The Morgan fingerprint density at radius 1 is 1.11 bits per heavy atom. The van der Waals surface area contributed by atoms with Crippen molar-refractivity contribution in [3.8, 4) is 6.07 Å². The Balaban J connectivity index is 1.30. The van der Waals surface area contributed by atoms with Crippen molar-refractivity contribution in [1.82, 2.24) is 19.9 Å². The van der Waals surface area contributed by atoms with Gasteiger partial charge in [-0.3, -0.25) is 14.7 Å². The number of piperazine rings is 1. The summed E-state index contributed by atoms with van der Waals surface area (Å²) in [6.45, 7) is 4.59. The normalized spacial score (nSPS) is 14.9. The van der Waals surface area contributed by atoms with Crippen LogP contribution >= 0.6 is 0 Å². The first-order valence-electron chi connectivity index (χ1n) is 9.54. The van der Waals surface area contributed by atoms with Crippen molar-refractivity contribution in [1.29, 1.82) is 5.26 Å². The van der Waals surface area contributed by atoms with E-state index < -0.39 is 0 Å². The van der Waals surface area contributed by atoms with Crippen LogP contribution in [0.3, 0.4) is 0 Å². The molecule has 0 aliphatic carbocycles. The topological polar surface area (TPSA) is 88.9 Å². The Labute approximate surface area is 163 Å². The van der Waals surface area contributed by atoms with Gasteiger partial charge in [-0.25, -0.2) is 4.98 Å². The van der Waals surface area contributed by atoms with E-state index in [1.165, 1.54) is 0 Å². The van der Waals surface area contributed by atoms with Gasteiger partial charge in [0.2, 0.25) is 0 Å². The number of nitriles is 1. The smallest absolute Gasteiger partial charge is 0.257 e. The average Bonchev–Trinajstić information content (AvgIpc) is 2.74. The maximum absolute atomic E-state index is 12.1. The highest BCUT2D eigenvalue weighted by atomic mass is 16.1. The van der Waals surface area contributed by atoms with Crippen LogP contribution in [0.5, 0.6) is 0 Å². The zero-order chi connectivity index (χ0) is 19.3. The SMILES string of the molecule is N#Cc1cccnc1N1CCN(CCCc2cc3ncccc3c(=O)[nH]2)CC1. The molecule has 4 rings (SSSR count). The number of aromatic amines is 1. The molecule has 0 aromatic carbocycles. The summed E-state index contributed by atoms with van der Waals surface area (Å²) in [5.41, 5.74) is 2.24. The molecule has 1 N–H and O–H groups in total. The van der Waals surface area contributed by atoms with Crippen LogP contribution < -0.4 is 10.5 Å². The van der Waals surface area contributed by atoms with E-state index in [0.29, 0.717) is 10.9 Å². The molecule has 1 aliphatic rings. The van der Waals surface area contributed by atoms with E-state index >= 15 is 0 Å². The van der Waals surface area contributed by atoms with Crippen LogP contribution in [0, 0.1) is 11.3 Å². The average molecular weight is 374 g/mol. The first kappa shape index (κ1) is 18.1. The summed E-state index contributed by atoms with van der Waals surface area (Å²) < 4.78 is 0. The van der Waals surface area contributed by atoms with E-state index in [4.69, 9.17) is 0 Å². The zero-order valence-corrected chi connectivity index (χ0v) is 15.6. The number of hydrogen-bond acceptors (Lipinski definition) is 6. The van der Waals surface area contributed by atoms with Crippen LogP contribution in [0.2, 0.25) is 0 Å². The van der Waals surface area contributed by atoms with Gasteiger partial charge in [0.05, 0.1) is 16.5 Å². The Hall–Kier alpha value is -3.24. The largest absolute Gasteiger partial charge is 0.353 e. The molecular weight excluding hydrogens is 352 g/mol. The minimum atomic E-state index is -0.0714. The molecule has 3 aromatic rings. The number of aryl methyl sites for hydroxylation is 1. The molecule has 7 nitrogen and oxygen atoms in total. The minimum absolute atomic E-state index is 0.0714. The molecule has 1 saturated heterocycles. The molecule has 142 valence electrons. The maximum atomic E-state index is 12.1. The van der Waals surface area contributed by atoms with Gasteiger partial charge in [-0.05, 0) is 49.7 Å². The van der Waals surface area contributed by atoms with Gasteiger partial charge in [-0.1, -0.05) is 0 Å². The van der Waals surface area contributed by atoms with E-state index in [1.807, 2.05) is 12.1 Å². The standard InChI is InChI=1S/C21H22N6O/c22-15-16-4-1-8-24-20(16)27-12-10-26(11-13-27)9-3-5-17-14-19-18(21(28)25-17)6-2-7-23-19/h1-2,4,6-8,14H,3,5,9-13H2,(H,25,28). The molecule has 0 radical (unpaired) electrons. The van der Waals surface area contributed by atoms with Crippen LogP contribution in [0.4, 0.5) is 5.82 Å². The third-order valence-corrected chi connectivity index (χ3v) is 5.17. The van der Waals surface area contributed by atoms with E-state index in [9.17, 15) is 10.1 Å². The van der Waals surface area contributed by atoms with Gasteiger partial charge in [0.25, 0.3) is 5.56 Å². The quantitative estimate of drug-likeness (QED) is 0.734. The van der Waals surface area contributed by atoms with Crippen LogP contribution in [-0.4, -0.2) is 52.6 Å². The fourth-order valence-electron chi connectivity index (χ4n) is 3.69. The molecule has 7 heteroatoms. The fourth-order valence-corrected chi connectivity index (χ4v) is 3.69. The van der Waals surface area contributed by atoms with Crippen molar-refractivity contribution in [2.75, 3.05) is 37.6 Å². The molecule has 4 heterocycles. The van der Waals surface area contributed by atoms with Gasteiger partial charge < -0.3 is 9.88 Å². The van der Waals surface area contributed by atoms with Crippen molar-refractivity contribution >= 4 is 16.7 Å². The number of rotatable bonds is 5. The van der Waals surface area contributed by atoms with Gasteiger partial charge >= 0.3 is 0 Å². The molecule has 0 unspecified atom stereocenters. The second-order valence-corrected chi connectivity index (χ2v) is 6.98. The summed E-state index contributed by atoms with van der Waals surface area (Å²) in [7, 11) is 0. The van der Waals surface area contributed by atoms with Crippen LogP contribution in [0.1, 0.15) is 17.7 Å². The van der Waals surface area contributed by atoms with Gasteiger partial charge in [0.1, 0.15) is 11.9 Å². The maximum Gasteiger partial charge on any atom is 0.257 e. The Bertz CT molecular complexity index is 1060. The molecule has 3 aromatic heterocycles. The summed E-state index contributed by atoms with van der Waals surface area (Å²) in [6.07, 6.45) is 5.24. The van der Waals surface area contributed by atoms with Crippen molar-refractivity contribution in [3.05, 3.63) is 64.3 Å². The van der Waals surface area contributed by atoms with Crippen molar-refractivity contribution < 1.29 is 0 Å².